The lowest BCUT2D eigenvalue weighted by Gasteiger charge is -2.15. The number of hydrogen-bond donors (Lipinski definition) is 4. The minimum absolute atomic E-state index is 0.108. The van der Waals surface area contributed by atoms with Crippen LogP contribution in [-0.2, 0) is 6.42 Å². The van der Waals surface area contributed by atoms with Crippen molar-refractivity contribution in [3.05, 3.63) is 72.1 Å². The maximum atomic E-state index is 5.74. The summed E-state index contributed by atoms with van der Waals surface area (Å²) in [4.78, 5) is 8.74. The summed E-state index contributed by atoms with van der Waals surface area (Å²) in [6, 6.07) is 18.3. The standard InChI is InChI=1S/C21H23N7/c1-14(16-5-3-2-4-6-16)26-19-18-20(27-28-21(18)25-13-24-19)23-12-11-15-7-9-17(22)10-8-15/h2-10,13-14H,11-12,22H2,1H3,(H3,23,24,25,26,27,28)/t14-/m1/s1. The second-order valence-electron chi connectivity index (χ2n) is 6.71. The van der Waals surface area contributed by atoms with Crippen LogP contribution in [0.1, 0.15) is 24.1 Å². The van der Waals surface area contributed by atoms with E-state index in [0.29, 0.717) is 5.65 Å². The van der Waals surface area contributed by atoms with Crippen molar-refractivity contribution in [2.45, 2.75) is 19.4 Å². The summed E-state index contributed by atoms with van der Waals surface area (Å²) in [7, 11) is 0. The van der Waals surface area contributed by atoms with Gasteiger partial charge in [-0.1, -0.05) is 42.5 Å². The zero-order valence-electron chi connectivity index (χ0n) is 15.7. The Morgan fingerprint density at radius 3 is 2.57 bits per heavy atom. The number of fused-ring (bicyclic) bond motifs is 1. The van der Waals surface area contributed by atoms with E-state index in [0.717, 1.165) is 35.7 Å². The molecule has 2 heterocycles. The van der Waals surface area contributed by atoms with Crippen LogP contribution >= 0.6 is 0 Å². The van der Waals surface area contributed by atoms with Gasteiger partial charge in [-0.2, -0.15) is 5.10 Å². The largest absolute Gasteiger partial charge is 0.399 e. The second kappa shape index (κ2) is 7.96. The first-order chi connectivity index (χ1) is 13.7. The zero-order valence-corrected chi connectivity index (χ0v) is 15.7. The predicted molar refractivity (Wildman–Crippen MR) is 113 cm³/mol. The molecule has 0 saturated carbocycles. The van der Waals surface area contributed by atoms with Crippen LogP contribution in [0.5, 0.6) is 0 Å². The highest BCUT2D eigenvalue weighted by Crippen LogP contribution is 2.28. The molecule has 0 bridgehead atoms. The molecule has 2 aromatic carbocycles. The van der Waals surface area contributed by atoms with E-state index < -0.39 is 0 Å². The van der Waals surface area contributed by atoms with Crippen LogP contribution in [0.3, 0.4) is 0 Å². The van der Waals surface area contributed by atoms with Crippen LogP contribution in [0.15, 0.2) is 60.9 Å². The van der Waals surface area contributed by atoms with Gasteiger partial charge in [-0.05, 0) is 36.6 Å². The molecule has 0 unspecified atom stereocenters. The molecule has 0 fully saturated rings. The van der Waals surface area contributed by atoms with Crippen molar-refractivity contribution in [3.63, 3.8) is 0 Å². The van der Waals surface area contributed by atoms with E-state index in [-0.39, 0.29) is 6.04 Å². The van der Waals surface area contributed by atoms with E-state index in [1.807, 2.05) is 42.5 Å². The number of aromatic amines is 1. The topological polar surface area (TPSA) is 105 Å². The molecule has 0 spiro atoms. The Bertz CT molecular complexity index is 1040. The number of nitrogen functional groups attached to an aromatic ring is 1. The van der Waals surface area contributed by atoms with Crippen molar-refractivity contribution in [2.75, 3.05) is 22.9 Å². The van der Waals surface area contributed by atoms with Crippen LogP contribution in [-0.4, -0.2) is 26.7 Å². The van der Waals surface area contributed by atoms with Crippen molar-refractivity contribution >= 4 is 28.4 Å². The fourth-order valence-electron chi connectivity index (χ4n) is 3.14. The Hall–Kier alpha value is -3.61. The quantitative estimate of drug-likeness (QED) is 0.368. The zero-order chi connectivity index (χ0) is 19.3. The first kappa shape index (κ1) is 17.8. The van der Waals surface area contributed by atoms with Crippen LogP contribution in [0.25, 0.3) is 11.0 Å². The molecule has 5 N–H and O–H groups in total. The fourth-order valence-corrected chi connectivity index (χ4v) is 3.14. The summed E-state index contributed by atoms with van der Waals surface area (Å²) in [5.74, 6) is 1.50. The molecular weight excluding hydrogens is 350 g/mol. The Morgan fingerprint density at radius 1 is 1.00 bits per heavy atom. The van der Waals surface area contributed by atoms with Crippen LogP contribution in [0, 0.1) is 0 Å². The molecule has 7 nitrogen and oxygen atoms in total. The Balaban J connectivity index is 1.50. The molecule has 0 radical (unpaired) electrons. The van der Waals surface area contributed by atoms with E-state index in [9.17, 15) is 0 Å². The van der Waals surface area contributed by atoms with Gasteiger partial charge in [-0.25, -0.2) is 9.97 Å². The van der Waals surface area contributed by atoms with Crippen molar-refractivity contribution in [3.8, 4) is 0 Å². The van der Waals surface area contributed by atoms with Gasteiger partial charge in [0.1, 0.15) is 17.5 Å². The number of hydrogen-bond acceptors (Lipinski definition) is 6. The molecule has 7 heteroatoms. The number of H-pyrrole nitrogens is 1. The van der Waals surface area contributed by atoms with Gasteiger partial charge >= 0.3 is 0 Å². The first-order valence-electron chi connectivity index (χ1n) is 9.29. The van der Waals surface area contributed by atoms with E-state index in [1.165, 1.54) is 11.1 Å². The summed E-state index contributed by atoms with van der Waals surface area (Å²) in [6.07, 6.45) is 2.41. The van der Waals surface area contributed by atoms with Crippen LogP contribution in [0.2, 0.25) is 0 Å². The molecule has 1 atom stereocenters. The Kier molecular flexibility index (Phi) is 5.05. The van der Waals surface area contributed by atoms with Crippen molar-refractivity contribution in [1.29, 1.82) is 0 Å². The van der Waals surface area contributed by atoms with Gasteiger partial charge in [0.05, 0.1) is 0 Å². The summed E-state index contributed by atoms with van der Waals surface area (Å²) in [5, 5.41) is 15.1. The molecule has 4 rings (SSSR count). The molecule has 0 saturated heterocycles. The van der Waals surface area contributed by atoms with Gasteiger partial charge < -0.3 is 16.4 Å². The highest BCUT2D eigenvalue weighted by atomic mass is 15.2. The molecule has 28 heavy (non-hydrogen) atoms. The third-order valence-electron chi connectivity index (χ3n) is 4.70. The molecule has 2 aromatic heterocycles. The lowest BCUT2D eigenvalue weighted by molar-refractivity contribution is 0.876. The van der Waals surface area contributed by atoms with Gasteiger partial charge in [-0.15, -0.1) is 0 Å². The number of rotatable bonds is 7. The van der Waals surface area contributed by atoms with Gasteiger partial charge in [0.25, 0.3) is 0 Å². The van der Waals surface area contributed by atoms with Crippen LogP contribution < -0.4 is 16.4 Å². The lowest BCUT2D eigenvalue weighted by atomic mass is 10.1. The van der Waals surface area contributed by atoms with Gasteiger partial charge in [0.2, 0.25) is 0 Å². The van der Waals surface area contributed by atoms with E-state index in [4.69, 9.17) is 5.73 Å². The molecule has 4 aromatic rings. The molecule has 142 valence electrons. The van der Waals surface area contributed by atoms with Crippen molar-refractivity contribution < 1.29 is 0 Å². The summed E-state index contributed by atoms with van der Waals surface area (Å²) in [6.45, 7) is 2.85. The van der Waals surface area contributed by atoms with Gasteiger partial charge in [-0.3, -0.25) is 5.10 Å². The smallest absolute Gasteiger partial charge is 0.162 e. The molecule has 0 aliphatic rings. The van der Waals surface area contributed by atoms with Crippen molar-refractivity contribution in [2.24, 2.45) is 0 Å². The van der Waals surface area contributed by atoms with E-state index in [1.54, 1.807) is 6.33 Å². The van der Waals surface area contributed by atoms with Crippen molar-refractivity contribution in [1.82, 2.24) is 20.2 Å². The number of aromatic nitrogens is 4. The number of nitrogens with zero attached hydrogens (tertiary/aromatic N) is 3. The minimum Gasteiger partial charge on any atom is -0.399 e. The minimum atomic E-state index is 0.108. The average Bonchev–Trinajstić information content (AvgIpc) is 3.14. The Morgan fingerprint density at radius 2 is 1.79 bits per heavy atom. The monoisotopic (exact) mass is 373 g/mol. The normalized spacial score (nSPS) is 12.0. The third-order valence-corrected chi connectivity index (χ3v) is 4.70. The van der Waals surface area contributed by atoms with Gasteiger partial charge in [0.15, 0.2) is 11.5 Å². The highest BCUT2D eigenvalue weighted by Gasteiger charge is 2.15. The number of nitrogens with one attached hydrogen (secondary N) is 3. The predicted octanol–water partition coefficient (Wildman–Crippen LogP) is 3.76. The highest BCUT2D eigenvalue weighted by molar-refractivity contribution is 5.96. The number of nitrogens with two attached hydrogens (primary N) is 1. The molecule has 0 aliphatic carbocycles. The maximum Gasteiger partial charge on any atom is 0.162 e. The van der Waals surface area contributed by atoms with Gasteiger partial charge in [0, 0.05) is 18.3 Å². The Labute approximate surface area is 163 Å². The maximum absolute atomic E-state index is 5.74. The fraction of sp³-hybridized carbons (Fsp3) is 0.190. The second-order valence-corrected chi connectivity index (χ2v) is 6.71. The number of benzene rings is 2. The van der Waals surface area contributed by atoms with E-state index >= 15 is 0 Å². The molecule has 0 amide bonds. The molecule has 0 aliphatic heterocycles. The lowest BCUT2D eigenvalue weighted by Crippen LogP contribution is -2.10. The summed E-state index contributed by atoms with van der Waals surface area (Å²) < 4.78 is 0. The molecular formula is C21H23N7. The summed E-state index contributed by atoms with van der Waals surface area (Å²) in [5.41, 5.74) is 9.62. The number of anilines is 3. The third kappa shape index (κ3) is 3.88. The SMILES string of the molecule is C[C@@H](Nc1ncnc2[nH]nc(NCCc3ccc(N)cc3)c12)c1ccccc1. The van der Waals surface area contributed by atoms with E-state index in [2.05, 4.69) is 49.9 Å². The summed E-state index contributed by atoms with van der Waals surface area (Å²) >= 11 is 0. The average molecular weight is 373 g/mol. The first-order valence-corrected chi connectivity index (χ1v) is 9.29. The van der Waals surface area contributed by atoms with Crippen LogP contribution in [0.4, 0.5) is 17.3 Å².